The summed E-state index contributed by atoms with van der Waals surface area (Å²) in [6, 6.07) is 15.0. The molecule has 4 aromatic rings. The lowest BCUT2D eigenvalue weighted by Gasteiger charge is -2.16. The number of carboxylic acid groups (broad SMARTS) is 1. The summed E-state index contributed by atoms with van der Waals surface area (Å²) in [5.74, 6) is -1.67. The zero-order valence-electron chi connectivity index (χ0n) is 19.0. The minimum Gasteiger partial charge on any atom is -0.489 e. The average Bonchev–Trinajstić information content (AvgIpc) is 3.22. The van der Waals surface area contributed by atoms with Crippen molar-refractivity contribution in [2.24, 2.45) is 5.73 Å². The van der Waals surface area contributed by atoms with E-state index in [0.29, 0.717) is 22.4 Å². The van der Waals surface area contributed by atoms with Crippen LogP contribution in [0.1, 0.15) is 36.6 Å². The summed E-state index contributed by atoms with van der Waals surface area (Å²) in [5.41, 5.74) is 9.26. The number of rotatable bonds is 8. The molecule has 0 saturated carbocycles. The monoisotopic (exact) mass is 464 g/mol. The van der Waals surface area contributed by atoms with Crippen LogP contribution in [0.15, 0.2) is 60.8 Å². The van der Waals surface area contributed by atoms with E-state index in [-0.39, 0.29) is 37.0 Å². The third-order valence-electron chi connectivity index (χ3n) is 5.80. The highest BCUT2D eigenvalue weighted by atomic mass is 19.1. The third-order valence-corrected chi connectivity index (χ3v) is 5.80. The third kappa shape index (κ3) is 4.65. The zero-order chi connectivity index (χ0) is 24.4. The Hall–Kier alpha value is -3.71. The van der Waals surface area contributed by atoms with Gasteiger partial charge in [-0.2, -0.15) is 0 Å². The number of nitrogens with zero attached hydrogens (tertiary/aromatic N) is 1. The molecule has 0 aliphatic carbocycles. The average molecular weight is 465 g/mol. The molecule has 5 nitrogen and oxygen atoms in total. The van der Waals surface area contributed by atoms with Crippen molar-refractivity contribution in [1.29, 1.82) is 0 Å². The number of aliphatic carboxylic acids is 1. The molecule has 34 heavy (non-hydrogen) atoms. The van der Waals surface area contributed by atoms with Crippen molar-refractivity contribution in [3.63, 3.8) is 0 Å². The number of carbonyl (C=O) groups is 1. The number of fused-ring (bicyclic) bond motifs is 1. The SMILES string of the molecule is CC(C)n1ccc2c(-c3cccc(CN)c3F)cc(COc3ccc(F)cc3CC(=O)O)cc21. The van der Waals surface area contributed by atoms with Crippen molar-refractivity contribution in [2.75, 3.05) is 0 Å². The lowest BCUT2D eigenvalue weighted by Crippen LogP contribution is -2.05. The fourth-order valence-electron chi connectivity index (χ4n) is 4.17. The molecule has 1 aromatic heterocycles. The van der Waals surface area contributed by atoms with E-state index in [9.17, 15) is 9.18 Å². The zero-order valence-corrected chi connectivity index (χ0v) is 19.0. The van der Waals surface area contributed by atoms with Crippen LogP contribution in [-0.4, -0.2) is 15.6 Å². The molecule has 0 amide bonds. The van der Waals surface area contributed by atoms with Gasteiger partial charge in [0, 0.05) is 46.4 Å². The summed E-state index contributed by atoms with van der Waals surface area (Å²) in [7, 11) is 0. The van der Waals surface area contributed by atoms with Gasteiger partial charge in [-0.1, -0.05) is 18.2 Å². The minimum atomic E-state index is -1.08. The van der Waals surface area contributed by atoms with Gasteiger partial charge in [-0.05, 0) is 61.4 Å². The van der Waals surface area contributed by atoms with Crippen molar-refractivity contribution in [2.45, 2.75) is 39.5 Å². The highest BCUT2D eigenvalue weighted by molar-refractivity contribution is 5.96. The molecule has 3 N–H and O–H groups in total. The summed E-state index contributed by atoms with van der Waals surface area (Å²) in [6.07, 6.45) is 1.61. The summed E-state index contributed by atoms with van der Waals surface area (Å²) in [5, 5.41) is 10.1. The minimum absolute atomic E-state index is 0.0928. The number of hydrogen-bond donors (Lipinski definition) is 2. The second-order valence-electron chi connectivity index (χ2n) is 8.49. The van der Waals surface area contributed by atoms with Gasteiger partial charge in [0.25, 0.3) is 0 Å². The smallest absolute Gasteiger partial charge is 0.307 e. The molecule has 0 saturated heterocycles. The highest BCUT2D eigenvalue weighted by Crippen LogP contribution is 2.35. The van der Waals surface area contributed by atoms with E-state index >= 15 is 4.39 Å². The van der Waals surface area contributed by atoms with Gasteiger partial charge in [0.15, 0.2) is 0 Å². The summed E-state index contributed by atoms with van der Waals surface area (Å²) in [4.78, 5) is 11.2. The van der Waals surface area contributed by atoms with Crippen LogP contribution in [0.2, 0.25) is 0 Å². The quantitative estimate of drug-likeness (QED) is 0.344. The largest absolute Gasteiger partial charge is 0.489 e. The number of nitrogens with two attached hydrogens (primary N) is 1. The molecular formula is C27H26F2N2O3. The predicted octanol–water partition coefficient (Wildman–Crippen LogP) is 5.83. The molecule has 3 aromatic carbocycles. The fourth-order valence-corrected chi connectivity index (χ4v) is 4.17. The van der Waals surface area contributed by atoms with Crippen LogP contribution < -0.4 is 10.5 Å². The molecule has 0 fully saturated rings. The summed E-state index contributed by atoms with van der Waals surface area (Å²) < 4.78 is 36.9. The Morgan fingerprint density at radius 1 is 1.06 bits per heavy atom. The van der Waals surface area contributed by atoms with Gasteiger partial charge in [-0.25, -0.2) is 8.78 Å². The first-order valence-corrected chi connectivity index (χ1v) is 11.0. The van der Waals surface area contributed by atoms with E-state index in [1.165, 1.54) is 12.1 Å². The van der Waals surface area contributed by atoms with Gasteiger partial charge < -0.3 is 20.1 Å². The first-order valence-electron chi connectivity index (χ1n) is 11.0. The number of carboxylic acids is 1. The molecule has 0 unspecified atom stereocenters. The van der Waals surface area contributed by atoms with E-state index in [1.807, 2.05) is 24.4 Å². The van der Waals surface area contributed by atoms with E-state index in [2.05, 4.69) is 18.4 Å². The van der Waals surface area contributed by atoms with Gasteiger partial charge in [0.2, 0.25) is 0 Å². The number of ether oxygens (including phenoxy) is 1. The number of aromatic nitrogens is 1. The van der Waals surface area contributed by atoms with E-state index in [1.54, 1.807) is 18.2 Å². The van der Waals surface area contributed by atoms with Crippen molar-refractivity contribution in [3.8, 4) is 16.9 Å². The molecule has 0 bridgehead atoms. The van der Waals surface area contributed by atoms with Crippen LogP contribution in [0.3, 0.4) is 0 Å². The van der Waals surface area contributed by atoms with Crippen LogP contribution in [0.25, 0.3) is 22.0 Å². The fraction of sp³-hybridized carbons (Fsp3) is 0.222. The Morgan fingerprint density at radius 2 is 1.85 bits per heavy atom. The molecule has 176 valence electrons. The molecule has 7 heteroatoms. The maximum atomic E-state index is 15.2. The predicted molar refractivity (Wildman–Crippen MR) is 128 cm³/mol. The number of benzene rings is 3. The van der Waals surface area contributed by atoms with Crippen molar-refractivity contribution >= 4 is 16.9 Å². The Bertz CT molecular complexity index is 1360. The van der Waals surface area contributed by atoms with Gasteiger partial charge in [-0.3, -0.25) is 4.79 Å². The maximum Gasteiger partial charge on any atom is 0.307 e. The van der Waals surface area contributed by atoms with Crippen LogP contribution in [0.4, 0.5) is 8.78 Å². The van der Waals surface area contributed by atoms with Crippen LogP contribution >= 0.6 is 0 Å². The molecule has 0 spiro atoms. The first-order chi connectivity index (χ1) is 16.3. The van der Waals surface area contributed by atoms with Gasteiger partial charge >= 0.3 is 5.97 Å². The molecule has 0 aliphatic heterocycles. The molecule has 0 aliphatic rings. The van der Waals surface area contributed by atoms with Crippen molar-refractivity contribution in [3.05, 3.63) is 89.1 Å². The van der Waals surface area contributed by atoms with E-state index in [0.717, 1.165) is 22.5 Å². The van der Waals surface area contributed by atoms with Gasteiger partial charge in [0.1, 0.15) is 24.0 Å². The van der Waals surface area contributed by atoms with Crippen LogP contribution in [0, 0.1) is 11.6 Å². The lowest BCUT2D eigenvalue weighted by atomic mass is 9.96. The number of hydrogen-bond acceptors (Lipinski definition) is 3. The number of halogens is 2. The summed E-state index contributed by atoms with van der Waals surface area (Å²) in [6.45, 7) is 4.32. The standard InChI is InChI=1S/C27H26F2N2O3/c1-16(2)31-9-8-21-23(22-5-3-4-18(14-30)27(22)29)10-17(11-24(21)31)15-34-25-7-6-20(28)12-19(25)13-26(32)33/h3-12,16H,13-15,30H2,1-2H3,(H,32,33). The van der Waals surface area contributed by atoms with Crippen LogP contribution in [-0.2, 0) is 24.4 Å². The second-order valence-corrected chi connectivity index (χ2v) is 8.49. The van der Waals surface area contributed by atoms with Crippen molar-refractivity contribution in [1.82, 2.24) is 4.57 Å². The topological polar surface area (TPSA) is 77.5 Å². The van der Waals surface area contributed by atoms with Gasteiger partial charge in [0.05, 0.1) is 6.42 Å². The Labute approximate surface area is 196 Å². The van der Waals surface area contributed by atoms with E-state index < -0.39 is 11.8 Å². The molecule has 0 atom stereocenters. The van der Waals surface area contributed by atoms with Crippen molar-refractivity contribution < 1.29 is 23.4 Å². The molecular weight excluding hydrogens is 438 g/mol. The normalized spacial score (nSPS) is 11.4. The van der Waals surface area contributed by atoms with Gasteiger partial charge in [-0.15, -0.1) is 0 Å². The Morgan fingerprint density at radius 3 is 2.56 bits per heavy atom. The first kappa shape index (κ1) is 23.4. The Balaban J connectivity index is 1.79. The second kappa shape index (κ2) is 9.65. The molecule has 4 rings (SSSR count). The Kier molecular flexibility index (Phi) is 6.65. The molecule has 0 radical (unpaired) electrons. The van der Waals surface area contributed by atoms with E-state index in [4.69, 9.17) is 15.6 Å². The highest BCUT2D eigenvalue weighted by Gasteiger charge is 2.17. The molecule has 1 heterocycles. The summed E-state index contributed by atoms with van der Waals surface area (Å²) >= 11 is 0. The lowest BCUT2D eigenvalue weighted by molar-refractivity contribution is -0.136. The van der Waals surface area contributed by atoms with Crippen LogP contribution in [0.5, 0.6) is 5.75 Å². The maximum absolute atomic E-state index is 15.2.